The van der Waals surface area contributed by atoms with Crippen LogP contribution in [0.25, 0.3) is 10.9 Å². The van der Waals surface area contributed by atoms with Crippen LogP contribution in [0.5, 0.6) is 0 Å². The monoisotopic (exact) mass is 441 g/mol. The largest absolute Gasteiger partial charge is 0.378 e. The van der Waals surface area contributed by atoms with Crippen LogP contribution in [0.2, 0.25) is 0 Å². The molecule has 1 saturated heterocycles. The molecule has 8 nitrogen and oxygen atoms in total. The Morgan fingerprint density at radius 3 is 2.82 bits per heavy atom. The van der Waals surface area contributed by atoms with Gasteiger partial charge < -0.3 is 14.6 Å². The maximum absolute atomic E-state index is 5.50. The highest BCUT2D eigenvalue weighted by atomic mass is 16.5. The zero-order valence-electron chi connectivity index (χ0n) is 18.4. The van der Waals surface area contributed by atoms with E-state index < -0.39 is 0 Å². The molecule has 5 rings (SSSR count). The maximum Gasteiger partial charge on any atom is 0.152 e. The Labute approximate surface area is 192 Å². The van der Waals surface area contributed by atoms with Crippen molar-refractivity contribution in [3.63, 3.8) is 0 Å². The summed E-state index contributed by atoms with van der Waals surface area (Å²) in [5, 5.41) is 5.59. The van der Waals surface area contributed by atoms with E-state index in [1.54, 1.807) is 0 Å². The highest BCUT2D eigenvalue weighted by molar-refractivity contribution is 5.99. The molecule has 0 aliphatic carbocycles. The van der Waals surface area contributed by atoms with E-state index in [1.165, 1.54) is 0 Å². The summed E-state index contributed by atoms with van der Waals surface area (Å²) in [6.45, 7) is 3.06. The number of nitrogens with zero attached hydrogens (tertiary/aromatic N) is 5. The zero-order chi connectivity index (χ0) is 22.3. The van der Waals surface area contributed by atoms with Crippen molar-refractivity contribution in [2.45, 2.75) is 19.3 Å². The molecule has 1 fully saturated rings. The van der Waals surface area contributed by atoms with Gasteiger partial charge in [-0.15, -0.1) is 0 Å². The molecule has 0 unspecified atom stereocenters. The molecule has 0 amide bonds. The zero-order valence-corrected chi connectivity index (χ0v) is 18.4. The number of nitrogens with one attached hydrogen (secondary N) is 2. The van der Waals surface area contributed by atoms with Gasteiger partial charge in [-0.05, 0) is 31.0 Å². The minimum absolute atomic E-state index is 0.690. The first-order valence-corrected chi connectivity index (χ1v) is 11.3. The van der Waals surface area contributed by atoms with Crippen LogP contribution in [-0.4, -0.2) is 52.5 Å². The van der Waals surface area contributed by atoms with Gasteiger partial charge in [-0.3, -0.25) is 10.4 Å². The van der Waals surface area contributed by atoms with Crippen molar-refractivity contribution in [1.82, 2.24) is 19.9 Å². The lowest BCUT2D eigenvalue weighted by Gasteiger charge is -2.28. The fourth-order valence-electron chi connectivity index (χ4n) is 3.95. The van der Waals surface area contributed by atoms with Crippen molar-refractivity contribution < 1.29 is 4.74 Å². The first-order chi connectivity index (χ1) is 16.3. The highest BCUT2D eigenvalue weighted by Crippen LogP contribution is 2.19. The summed E-state index contributed by atoms with van der Waals surface area (Å²) >= 11 is 0. The fraction of sp³-hybridized carbons (Fsp3) is 0.280. The van der Waals surface area contributed by atoms with Crippen molar-refractivity contribution >= 4 is 28.8 Å². The molecule has 8 heteroatoms. The summed E-state index contributed by atoms with van der Waals surface area (Å²) in [5.41, 5.74) is 6.31. The minimum Gasteiger partial charge on any atom is -0.378 e. The van der Waals surface area contributed by atoms with E-state index in [4.69, 9.17) is 14.7 Å². The molecule has 4 aromatic rings. The maximum atomic E-state index is 5.50. The third-order valence-corrected chi connectivity index (χ3v) is 5.66. The molecule has 168 valence electrons. The molecule has 2 N–H and O–H groups in total. The van der Waals surface area contributed by atoms with Crippen molar-refractivity contribution in [3.05, 3.63) is 78.0 Å². The van der Waals surface area contributed by atoms with Crippen molar-refractivity contribution in [2.75, 3.05) is 36.6 Å². The third kappa shape index (κ3) is 5.35. The predicted octanol–water partition coefficient (Wildman–Crippen LogP) is 3.81. The van der Waals surface area contributed by atoms with Gasteiger partial charge in [0.2, 0.25) is 0 Å². The average Bonchev–Trinajstić information content (AvgIpc) is 3.28. The number of H-pyrrole nitrogens is 1. The second-order valence-corrected chi connectivity index (χ2v) is 7.96. The van der Waals surface area contributed by atoms with Gasteiger partial charge in [0.1, 0.15) is 11.6 Å². The van der Waals surface area contributed by atoms with Gasteiger partial charge in [-0.25, -0.2) is 9.97 Å². The lowest BCUT2D eigenvalue weighted by Crippen LogP contribution is -2.37. The molecular weight excluding hydrogens is 414 g/mol. The van der Waals surface area contributed by atoms with Crippen LogP contribution in [0.1, 0.15) is 23.5 Å². The van der Waals surface area contributed by atoms with Crippen molar-refractivity contribution in [2.24, 2.45) is 5.10 Å². The molecule has 0 radical (unpaired) electrons. The van der Waals surface area contributed by atoms with E-state index in [0.717, 1.165) is 66.2 Å². The molecule has 1 aliphatic rings. The Kier molecular flexibility index (Phi) is 6.53. The Bertz CT molecular complexity index is 1220. The molecule has 0 bridgehead atoms. The number of anilines is 2. The topological polar surface area (TPSA) is 91.3 Å². The van der Waals surface area contributed by atoms with Crippen LogP contribution in [0, 0.1) is 0 Å². The molecule has 3 aromatic heterocycles. The first-order valence-electron chi connectivity index (χ1n) is 11.3. The van der Waals surface area contributed by atoms with Crippen LogP contribution >= 0.6 is 0 Å². The summed E-state index contributed by atoms with van der Waals surface area (Å²) in [7, 11) is 0. The van der Waals surface area contributed by atoms with Gasteiger partial charge in [-0.2, -0.15) is 5.10 Å². The molecule has 0 atom stereocenters. The van der Waals surface area contributed by atoms with Gasteiger partial charge >= 0.3 is 0 Å². The molecule has 4 heterocycles. The number of hydrogen-bond donors (Lipinski definition) is 2. The minimum atomic E-state index is 0.690. The molecule has 1 aromatic carbocycles. The van der Waals surface area contributed by atoms with Crippen LogP contribution < -0.4 is 10.3 Å². The lowest BCUT2D eigenvalue weighted by molar-refractivity contribution is 0.122. The van der Waals surface area contributed by atoms with E-state index in [-0.39, 0.29) is 0 Å². The van der Waals surface area contributed by atoms with E-state index in [9.17, 15) is 0 Å². The van der Waals surface area contributed by atoms with E-state index in [1.807, 2.05) is 48.9 Å². The van der Waals surface area contributed by atoms with Gasteiger partial charge in [0, 0.05) is 60.1 Å². The van der Waals surface area contributed by atoms with Gasteiger partial charge in [0.15, 0.2) is 5.82 Å². The number of aromatic amines is 1. The average molecular weight is 442 g/mol. The molecular formula is C25H27N7O. The second kappa shape index (κ2) is 10.2. The number of hydrogen-bond acceptors (Lipinski definition) is 7. The summed E-state index contributed by atoms with van der Waals surface area (Å²) in [4.78, 5) is 19.5. The smallest absolute Gasteiger partial charge is 0.152 e. The first kappa shape index (κ1) is 21.1. The second-order valence-electron chi connectivity index (χ2n) is 7.96. The predicted molar refractivity (Wildman–Crippen MR) is 131 cm³/mol. The summed E-state index contributed by atoms with van der Waals surface area (Å²) < 4.78 is 5.50. The number of morpholine rings is 1. The molecule has 1 aliphatic heterocycles. The summed E-state index contributed by atoms with van der Waals surface area (Å²) in [5.74, 6) is 2.40. The quantitative estimate of drug-likeness (QED) is 0.319. The van der Waals surface area contributed by atoms with Crippen LogP contribution in [0.15, 0.2) is 66.0 Å². The van der Waals surface area contributed by atoms with Crippen LogP contribution in [0.4, 0.5) is 11.6 Å². The summed E-state index contributed by atoms with van der Waals surface area (Å²) in [6, 6.07) is 16.1. The lowest BCUT2D eigenvalue weighted by atomic mass is 10.1. The number of aryl methyl sites for hydroxylation is 2. The van der Waals surface area contributed by atoms with E-state index in [2.05, 4.69) is 43.6 Å². The van der Waals surface area contributed by atoms with Crippen LogP contribution in [0.3, 0.4) is 0 Å². The van der Waals surface area contributed by atoms with E-state index in [0.29, 0.717) is 19.0 Å². The van der Waals surface area contributed by atoms with Crippen molar-refractivity contribution in [1.29, 1.82) is 0 Å². The molecule has 0 saturated carbocycles. The number of ether oxygens (including phenoxy) is 1. The number of para-hydroxylation sites is 1. The SMILES string of the molecule is C(=N/Nc1cc(N2CCOCC2)nc(CCCc2ccccn2)n1)/c1c[nH]c2ccccc12. The van der Waals surface area contributed by atoms with E-state index >= 15 is 0 Å². The fourth-order valence-corrected chi connectivity index (χ4v) is 3.95. The number of fused-ring (bicyclic) bond motifs is 1. The number of aromatic nitrogens is 4. The van der Waals surface area contributed by atoms with Gasteiger partial charge in [0.05, 0.1) is 19.4 Å². The van der Waals surface area contributed by atoms with Gasteiger partial charge in [0.25, 0.3) is 0 Å². The standard InChI is InChI=1S/C25H27N7O/c1-2-9-22-21(8-1)19(17-27-22)18-28-31-24-16-25(32-12-14-33-15-13-32)30-23(29-24)10-5-7-20-6-3-4-11-26-20/h1-4,6,8-9,11,16-18,27H,5,7,10,12-15H2,(H,29,30,31)/b28-18-. The summed E-state index contributed by atoms with van der Waals surface area (Å²) in [6.07, 6.45) is 8.21. The molecule has 0 spiro atoms. The molecule has 33 heavy (non-hydrogen) atoms. The Morgan fingerprint density at radius 2 is 1.94 bits per heavy atom. The van der Waals surface area contributed by atoms with Crippen molar-refractivity contribution in [3.8, 4) is 0 Å². The van der Waals surface area contributed by atoms with Gasteiger partial charge in [-0.1, -0.05) is 24.3 Å². The number of pyridine rings is 1. The normalized spacial score (nSPS) is 14.2. The van der Waals surface area contributed by atoms with Crippen LogP contribution in [-0.2, 0) is 17.6 Å². The Balaban J connectivity index is 1.31. The Morgan fingerprint density at radius 1 is 1.06 bits per heavy atom. The highest BCUT2D eigenvalue weighted by Gasteiger charge is 2.15. The number of benzene rings is 1. The third-order valence-electron chi connectivity index (χ3n) is 5.66. The number of hydrazone groups is 1. The number of rotatable bonds is 8. The Hall–Kier alpha value is -3.78.